The van der Waals surface area contributed by atoms with Crippen molar-refractivity contribution in [2.45, 2.75) is 5.16 Å². The Balaban J connectivity index is 2.04. The van der Waals surface area contributed by atoms with Gasteiger partial charge < -0.3 is 4.98 Å². The number of aromatic amines is 1. The molecule has 1 saturated heterocycles. The van der Waals surface area contributed by atoms with Crippen LogP contribution in [0.15, 0.2) is 17.7 Å². The maximum atomic E-state index is 5.15. The first-order valence-electron chi connectivity index (χ1n) is 3.65. The quantitative estimate of drug-likeness (QED) is 0.288. The van der Waals surface area contributed by atoms with Gasteiger partial charge in [-0.15, -0.1) is 11.5 Å². The SMILES string of the molecule is c1nc2nc([SH]3ONSO3)ncc2[nH]1. The summed E-state index contributed by atoms with van der Waals surface area (Å²) in [5.74, 6) is 0. The number of aromatic nitrogens is 4. The first kappa shape index (κ1) is 8.44. The molecule has 1 aliphatic heterocycles. The molecule has 0 spiro atoms. The number of fused-ring (bicyclic) bond motifs is 1. The molecule has 3 heterocycles. The summed E-state index contributed by atoms with van der Waals surface area (Å²) in [6.07, 6.45) is 3.22. The molecular weight excluding hydrogens is 226 g/mol. The number of rotatable bonds is 1. The third-order valence-corrected chi connectivity index (χ3v) is 3.50. The fourth-order valence-corrected chi connectivity index (χ4v) is 2.59. The van der Waals surface area contributed by atoms with Crippen LogP contribution in [0, 0.1) is 0 Å². The van der Waals surface area contributed by atoms with Gasteiger partial charge in [-0.1, -0.05) is 4.89 Å². The summed E-state index contributed by atoms with van der Waals surface area (Å²) in [6, 6.07) is 0. The van der Waals surface area contributed by atoms with Crippen molar-refractivity contribution in [3.8, 4) is 0 Å². The van der Waals surface area contributed by atoms with Gasteiger partial charge in [0.2, 0.25) is 5.16 Å². The molecular formula is C5H5N5O2S2. The summed E-state index contributed by atoms with van der Waals surface area (Å²) in [4.78, 5) is 17.7. The minimum Gasteiger partial charge on any atom is -0.342 e. The fraction of sp³-hybridized carbons (Fsp3) is 0. The zero-order chi connectivity index (χ0) is 9.38. The maximum absolute atomic E-state index is 5.15. The third kappa shape index (κ3) is 1.35. The molecule has 0 amide bonds. The number of thiol groups is 1. The fourth-order valence-electron chi connectivity index (χ4n) is 1.00. The van der Waals surface area contributed by atoms with E-state index in [1.54, 1.807) is 12.5 Å². The van der Waals surface area contributed by atoms with E-state index in [0.29, 0.717) is 10.8 Å². The van der Waals surface area contributed by atoms with Gasteiger partial charge in [0.1, 0.15) is 17.7 Å². The molecule has 9 heteroatoms. The van der Waals surface area contributed by atoms with Crippen LogP contribution in [0.2, 0.25) is 0 Å². The van der Waals surface area contributed by atoms with Crippen molar-refractivity contribution < 1.29 is 7.91 Å². The highest BCUT2D eigenvalue weighted by molar-refractivity contribution is 8.17. The van der Waals surface area contributed by atoms with Crippen molar-refractivity contribution in [3.63, 3.8) is 0 Å². The normalized spacial score (nSPS) is 24.4. The molecule has 1 atom stereocenters. The highest BCUT2D eigenvalue weighted by Gasteiger charge is 2.16. The molecule has 14 heavy (non-hydrogen) atoms. The van der Waals surface area contributed by atoms with Crippen LogP contribution in [0.1, 0.15) is 0 Å². The number of H-pyrrole nitrogens is 1. The predicted molar refractivity (Wildman–Crippen MR) is 51.8 cm³/mol. The molecule has 1 fully saturated rings. The number of nitrogens with one attached hydrogen (secondary N) is 2. The molecule has 0 aromatic carbocycles. The van der Waals surface area contributed by atoms with Crippen molar-refractivity contribution in [3.05, 3.63) is 12.5 Å². The van der Waals surface area contributed by atoms with E-state index in [-0.39, 0.29) is 0 Å². The lowest BCUT2D eigenvalue weighted by Gasteiger charge is -2.09. The second-order valence-corrected chi connectivity index (χ2v) is 4.43. The minimum atomic E-state index is -1.22. The van der Waals surface area contributed by atoms with E-state index in [1.807, 2.05) is 0 Å². The van der Waals surface area contributed by atoms with Crippen molar-refractivity contribution in [2.75, 3.05) is 0 Å². The molecule has 74 valence electrons. The van der Waals surface area contributed by atoms with Gasteiger partial charge in [-0.2, -0.15) is 12.9 Å². The summed E-state index contributed by atoms with van der Waals surface area (Å²) in [5.41, 5.74) is 1.41. The van der Waals surface area contributed by atoms with E-state index in [0.717, 1.165) is 17.7 Å². The largest absolute Gasteiger partial charge is 0.342 e. The van der Waals surface area contributed by atoms with Gasteiger partial charge >= 0.3 is 0 Å². The monoisotopic (exact) mass is 231 g/mol. The van der Waals surface area contributed by atoms with Crippen LogP contribution in [0.3, 0.4) is 0 Å². The van der Waals surface area contributed by atoms with Crippen molar-refractivity contribution >= 4 is 34.8 Å². The van der Waals surface area contributed by atoms with Crippen molar-refractivity contribution in [1.82, 2.24) is 24.8 Å². The lowest BCUT2D eigenvalue weighted by atomic mass is 10.6. The topological polar surface area (TPSA) is 85.0 Å². The number of imidazole rings is 1. The highest BCUT2D eigenvalue weighted by Crippen LogP contribution is 2.43. The Morgan fingerprint density at radius 2 is 2.43 bits per heavy atom. The zero-order valence-corrected chi connectivity index (χ0v) is 8.38. The lowest BCUT2D eigenvalue weighted by molar-refractivity contribution is 0.335. The molecule has 0 saturated carbocycles. The van der Waals surface area contributed by atoms with E-state index >= 15 is 0 Å². The van der Waals surface area contributed by atoms with E-state index in [2.05, 4.69) is 24.8 Å². The van der Waals surface area contributed by atoms with Gasteiger partial charge in [-0.05, 0) is 0 Å². The van der Waals surface area contributed by atoms with Crippen molar-refractivity contribution in [2.24, 2.45) is 0 Å². The van der Waals surface area contributed by atoms with Crippen LogP contribution in [0.5, 0.6) is 0 Å². The van der Waals surface area contributed by atoms with Crippen molar-refractivity contribution in [1.29, 1.82) is 0 Å². The Morgan fingerprint density at radius 3 is 3.29 bits per heavy atom. The maximum Gasteiger partial charge on any atom is 0.244 e. The van der Waals surface area contributed by atoms with E-state index < -0.39 is 11.5 Å². The first-order chi connectivity index (χ1) is 6.93. The van der Waals surface area contributed by atoms with E-state index in [1.165, 1.54) is 0 Å². The van der Waals surface area contributed by atoms with Crippen LogP contribution in [0.4, 0.5) is 0 Å². The van der Waals surface area contributed by atoms with Gasteiger partial charge in [0.05, 0.1) is 12.5 Å². The van der Waals surface area contributed by atoms with Gasteiger partial charge in [0.15, 0.2) is 5.65 Å². The summed E-state index contributed by atoms with van der Waals surface area (Å²) < 4.78 is 10.2. The standard InChI is InChI=1S/C5H5N5O2S2/c1-3-4(8-2-7-3)9-5(6-1)14-11-10-13-12-14/h1-2,10,14H,(H,6,7,8,9). The molecule has 1 aliphatic rings. The average Bonchev–Trinajstić information content (AvgIpc) is 2.88. The average molecular weight is 231 g/mol. The van der Waals surface area contributed by atoms with Gasteiger partial charge in [-0.25, -0.2) is 9.97 Å². The number of nitrogens with zero attached hydrogens (tertiary/aromatic N) is 3. The molecule has 3 rings (SSSR count). The molecule has 1 unspecified atom stereocenters. The molecule has 2 aromatic heterocycles. The molecule has 2 N–H and O–H groups in total. The summed E-state index contributed by atoms with van der Waals surface area (Å²) in [5, 5.41) is 0.511. The highest BCUT2D eigenvalue weighted by atomic mass is 32.3. The molecule has 0 bridgehead atoms. The Labute approximate surface area is 85.7 Å². The van der Waals surface area contributed by atoms with Crippen LogP contribution in [-0.2, 0) is 7.91 Å². The summed E-state index contributed by atoms with van der Waals surface area (Å²) >= 11 is -0.186. The van der Waals surface area contributed by atoms with Crippen LogP contribution < -0.4 is 4.89 Å². The second kappa shape index (κ2) is 3.37. The Kier molecular flexibility index (Phi) is 2.03. The van der Waals surface area contributed by atoms with Crippen LogP contribution in [0.25, 0.3) is 11.2 Å². The zero-order valence-electron chi connectivity index (χ0n) is 6.67. The lowest BCUT2D eigenvalue weighted by Crippen LogP contribution is -1.95. The first-order valence-corrected chi connectivity index (χ1v) is 5.57. The molecule has 0 radical (unpaired) electrons. The smallest absolute Gasteiger partial charge is 0.244 e. The number of hydrogen-bond donors (Lipinski definition) is 3. The minimum absolute atomic E-state index is 0.511. The second-order valence-electron chi connectivity index (χ2n) is 2.40. The molecule has 2 aromatic rings. The van der Waals surface area contributed by atoms with Crippen LogP contribution in [-0.4, -0.2) is 19.9 Å². The van der Waals surface area contributed by atoms with Gasteiger partial charge in [0, 0.05) is 0 Å². The summed E-state index contributed by atoms with van der Waals surface area (Å²) in [7, 11) is 0. The van der Waals surface area contributed by atoms with Gasteiger partial charge in [0.25, 0.3) is 0 Å². The van der Waals surface area contributed by atoms with E-state index in [9.17, 15) is 0 Å². The van der Waals surface area contributed by atoms with Crippen LogP contribution >= 0.6 is 23.7 Å². The van der Waals surface area contributed by atoms with Gasteiger partial charge in [-0.3, -0.25) is 0 Å². The van der Waals surface area contributed by atoms with E-state index in [4.69, 9.17) is 7.91 Å². The Morgan fingerprint density at radius 1 is 1.43 bits per heavy atom. The molecule has 7 nitrogen and oxygen atoms in total. The predicted octanol–water partition coefficient (Wildman–Crippen LogP) is 0.658. The summed E-state index contributed by atoms with van der Waals surface area (Å²) in [6.45, 7) is 0. The number of hydrogen-bond acceptors (Lipinski definition) is 7. The Bertz CT molecular complexity index is 456. The Hall–Kier alpha value is -0.870. The molecule has 0 aliphatic carbocycles. The third-order valence-electron chi connectivity index (χ3n) is 1.59.